The van der Waals surface area contributed by atoms with Crippen LogP contribution in [0.3, 0.4) is 0 Å². The molecule has 0 spiro atoms. The first-order chi connectivity index (χ1) is 10.6. The molecule has 2 rings (SSSR count). The molecule has 1 aromatic carbocycles. The highest BCUT2D eigenvalue weighted by atomic mass is 32.1. The van der Waals surface area contributed by atoms with Crippen LogP contribution in [-0.4, -0.2) is 43.2 Å². The van der Waals surface area contributed by atoms with E-state index in [0.717, 1.165) is 31.5 Å². The van der Waals surface area contributed by atoms with E-state index in [1.54, 1.807) is 32.4 Å². The van der Waals surface area contributed by atoms with E-state index in [-0.39, 0.29) is 5.91 Å². The molecule has 1 heterocycles. The predicted octanol–water partition coefficient (Wildman–Crippen LogP) is 2.21. The van der Waals surface area contributed by atoms with Gasteiger partial charge in [-0.2, -0.15) is 0 Å². The zero-order valence-electron chi connectivity index (χ0n) is 12.8. The van der Waals surface area contributed by atoms with Gasteiger partial charge in [0.05, 0.1) is 14.2 Å². The standard InChI is InChI=1S/C16H20N2O3S/c1-20-13-7-5-12(11-14(13)21-2)6-8-15(19)17-16(22)18-9-3-4-10-18/h5-8,11H,3-4,9-10H2,1-2H3,(H,17,19,22). The Balaban J connectivity index is 1.95. The first kappa shape index (κ1) is 16.3. The molecule has 0 bridgehead atoms. The lowest BCUT2D eigenvalue weighted by molar-refractivity contribution is -0.115. The van der Waals surface area contributed by atoms with Crippen LogP contribution in [0.2, 0.25) is 0 Å². The van der Waals surface area contributed by atoms with Crippen molar-refractivity contribution < 1.29 is 14.3 Å². The number of methoxy groups -OCH3 is 2. The van der Waals surface area contributed by atoms with Gasteiger partial charge in [-0.25, -0.2) is 0 Å². The molecule has 1 fully saturated rings. The molecule has 0 radical (unpaired) electrons. The second-order valence-corrected chi connectivity index (χ2v) is 5.32. The van der Waals surface area contributed by atoms with Gasteiger partial charge >= 0.3 is 0 Å². The van der Waals surface area contributed by atoms with Gasteiger partial charge < -0.3 is 14.4 Å². The summed E-state index contributed by atoms with van der Waals surface area (Å²) >= 11 is 5.22. The molecule has 1 aliphatic rings. The van der Waals surface area contributed by atoms with Crippen molar-refractivity contribution >= 4 is 29.3 Å². The number of amides is 1. The fourth-order valence-electron chi connectivity index (χ4n) is 2.27. The van der Waals surface area contributed by atoms with Crippen LogP contribution in [0.25, 0.3) is 6.08 Å². The Bertz CT molecular complexity index is 581. The summed E-state index contributed by atoms with van der Waals surface area (Å²) in [5, 5.41) is 3.22. The van der Waals surface area contributed by atoms with Crippen molar-refractivity contribution in [3.8, 4) is 11.5 Å². The number of nitrogens with one attached hydrogen (secondary N) is 1. The molecule has 1 N–H and O–H groups in total. The van der Waals surface area contributed by atoms with Gasteiger partial charge in [-0.05, 0) is 48.8 Å². The van der Waals surface area contributed by atoms with Crippen molar-refractivity contribution in [1.29, 1.82) is 0 Å². The zero-order valence-corrected chi connectivity index (χ0v) is 13.6. The maximum Gasteiger partial charge on any atom is 0.250 e. The third-order valence-corrected chi connectivity index (χ3v) is 3.82. The molecule has 1 amide bonds. The highest BCUT2D eigenvalue weighted by Crippen LogP contribution is 2.27. The Morgan fingerprint density at radius 3 is 2.55 bits per heavy atom. The average Bonchev–Trinajstić information content (AvgIpc) is 3.07. The van der Waals surface area contributed by atoms with Crippen molar-refractivity contribution in [2.75, 3.05) is 27.3 Å². The van der Waals surface area contributed by atoms with Crippen molar-refractivity contribution in [3.05, 3.63) is 29.8 Å². The zero-order chi connectivity index (χ0) is 15.9. The number of nitrogens with zero attached hydrogens (tertiary/aromatic N) is 1. The maximum absolute atomic E-state index is 11.9. The topological polar surface area (TPSA) is 50.8 Å². The molecule has 1 aliphatic heterocycles. The Morgan fingerprint density at radius 2 is 1.91 bits per heavy atom. The Hall–Kier alpha value is -2.08. The van der Waals surface area contributed by atoms with Crippen LogP contribution < -0.4 is 14.8 Å². The molecule has 118 valence electrons. The first-order valence-electron chi connectivity index (χ1n) is 7.14. The van der Waals surface area contributed by atoms with Crippen LogP contribution in [0.5, 0.6) is 11.5 Å². The molecule has 0 saturated carbocycles. The smallest absolute Gasteiger partial charge is 0.250 e. The summed E-state index contributed by atoms with van der Waals surface area (Å²) in [6.07, 6.45) is 5.42. The summed E-state index contributed by atoms with van der Waals surface area (Å²) in [4.78, 5) is 13.9. The fourth-order valence-corrected chi connectivity index (χ4v) is 2.56. The van der Waals surface area contributed by atoms with Crippen molar-refractivity contribution in [1.82, 2.24) is 10.2 Å². The summed E-state index contributed by atoms with van der Waals surface area (Å²) in [7, 11) is 3.16. The van der Waals surface area contributed by atoms with Gasteiger partial charge in [0.2, 0.25) is 5.91 Å². The number of likely N-dealkylation sites (tertiary alicyclic amines) is 1. The quantitative estimate of drug-likeness (QED) is 0.681. The van der Waals surface area contributed by atoms with E-state index in [9.17, 15) is 4.79 Å². The third kappa shape index (κ3) is 4.21. The molecule has 0 unspecified atom stereocenters. The fraction of sp³-hybridized carbons (Fsp3) is 0.375. The number of rotatable bonds is 4. The van der Waals surface area contributed by atoms with Crippen LogP contribution in [0, 0.1) is 0 Å². The van der Waals surface area contributed by atoms with Crippen molar-refractivity contribution in [2.45, 2.75) is 12.8 Å². The maximum atomic E-state index is 11.9. The molecule has 6 heteroatoms. The van der Waals surface area contributed by atoms with Crippen LogP contribution in [-0.2, 0) is 4.79 Å². The SMILES string of the molecule is COc1ccc(C=CC(=O)NC(=S)N2CCCC2)cc1OC. The normalized spacial score (nSPS) is 14.2. The van der Waals surface area contributed by atoms with Gasteiger partial charge in [0.1, 0.15) is 0 Å². The van der Waals surface area contributed by atoms with E-state index in [0.29, 0.717) is 16.6 Å². The lowest BCUT2D eigenvalue weighted by atomic mass is 10.2. The van der Waals surface area contributed by atoms with Gasteiger partial charge in [0.15, 0.2) is 16.6 Å². The van der Waals surface area contributed by atoms with Crippen molar-refractivity contribution in [2.24, 2.45) is 0 Å². The van der Waals surface area contributed by atoms with Crippen LogP contribution in [0.1, 0.15) is 18.4 Å². The lowest BCUT2D eigenvalue weighted by Crippen LogP contribution is -2.40. The number of thiocarbonyl (C=S) groups is 1. The Kier molecular flexibility index (Phi) is 5.77. The summed E-state index contributed by atoms with van der Waals surface area (Å²) in [6, 6.07) is 5.45. The van der Waals surface area contributed by atoms with E-state index in [1.165, 1.54) is 6.08 Å². The Labute approximate surface area is 135 Å². The van der Waals surface area contributed by atoms with Crippen LogP contribution in [0.15, 0.2) is 24.3 Å². The largest absolute Gasteiger partial charge is 0.493 e. The van der Waals surface area contributed by atoms with E-state index in [2.05, 4.69) is 5.32 Å². The van der Waals surface area contributed by atoms with E-state index < -0.39 is 0 Å². The van der Waals surface area contributed by atoms with Crippen molar-refractivity contribution in [3.63, 3.8) is 0 Å². The van der Waals surface area contributed by atoms with Crippen LogP contribution in [0.4, 0.5) is 0 Å². The minimum absolute atomic E-state index is 0.230. The summed E-state index contributed by atoms with van der Waals surface area (Å²) in [5.41, 5.74) is 0.847. The lowest BCUT2D eigenvalue weighted by Gasteiger charge is -2.17. The van der Waals surface area contributed by atoms with Gasteiger partial charge in [-0.3, -0.25) is 10.1 Å². The number of carbonyl (C=O) groups excluding carboxylic acids is 1. The molecular weight excluding hydrogens is 300 g/mol. The monoisotopic (exact) mass is 320 g/mol. The predicted molar refractivity (Wildman–Crippen MR) is 90.1 cm³/mol. The molecule has 0 aliphatic carbocycles. The van der Waals surface area contributed by atoms with Gasteiger partial charge in [0, 0.05) is 19.2 Å². The minimum atomic E-state index is -0.230. The van der Waals surface area contributed by atoms with Crippen LogP contribution >= 0.6 is 12.2 Å². The number of ether oxygens (including phenoxy) is 2. The molecule has 5 nitrogen and oxygen atoms in total. The molecule has 1 aromatic rings. The minimum Gasteiger partial charge on any atom is -0.493 e. The third-order valence-electron chi connectivity index (χ3n) is 3.46. The second kappa shape index (κ2) is 7.79. The first-order valence-corrected chi connectivity index (χ1v) is 7.55. The van der Waals surface area contributed by atoms with E-state index >= 15 is 0 Å². The summed E-state index contributed by atoms with van der Waals surface area (Å²) in [5.74, 6) is 1.05. The molecule has 1 saturated heterocycles. The highest BCUT2D eigenvalue weighted by Gasteiger charge is 2.15. The Morgan fingerprint density at radius 1 is 1.23 bits per heavy atom. The average molecular weight is 320 g/mol. The summed E-state index contributed by atoms with van der Waals surface area (Å²) < 4.78 is 10.4. The molecule has 0 atom stereocenters. The number of benzene rings is 1. The highest BCUT2D eigenvalue weighted by molar-refractivity contribution is 7.80. The second-order valence-electron chi connectivity index (χ2n) is 4.94. The number of carbonyl (C=O) groups is 1. The molecule has 0 aromatic heterocycles. The van der Waals surface area contributed by atoms with Gasteiger partial charge in [-0.1, -0.05) is 6.07 Å². The van der Waals surface area contributed by atoms with E-state index in [1.807, 2.05) is 11.0 Å². The van der Waals surface area contributed by atoms with Gasteiger partial charge in [-0.15, -0.1) is 0 Å². The van der Waals surface area contributed by atoms with E-state index in [4.69, 9.17) is 21.7 Å². The number of hydrogen-bond donors (Lipinski definition) is 1. The summed E-state index contributed by atoms with van der Waals surface area (Å²) in [6.45, 7) is 1.83. The molecule has 22 heavy (non-hydrogen) atoms. The van der Waals surface area contributed by atoms with Gasteiger partial charge in [0.25, 0.3) is 0 Å². The molecular formula is C16H20N2O3S. The number of hydrogen-bond acceptors (Lipinski definition) is 4.